The molecule has 1 N–H and O–H groups in total. The van der Waals surface area contributed by atoms with Crippen molar-refractivity contribution in [3.8, 4) is 0 Å². The maximum absolute atomic E-state index is 8.93. The van der Waals surface area contributed by atoms with Gasteiger partial charge in [0.2, 0.25) is 0 Å². The van der Waals surface area contributed by atoms with Crippen LogP contribution in [0.1, 0.15) is 26.3 Å². The van der Waals surface area contributed by atoms with E-state index in [0.717, 1.165) is 13.1 Å². The second-order valence-electron chi connectivity index (χ2n) is 4.26. The van der Waals surface area contributed by atoms with Crippen molar-refractivity contribution >= 4 is 6.21 Å². The maximum Gasteiger partial charge on any atom is 0.170 e. The second kappa shape index (κ2) is 10.9. The highest BCUT2D eigenvalue weighted by molar-refractivity contribution is 5.75. The maximum atomic E-state index is 8.93. The summed E-state index contributed by atoms with van der Waals surface area (Å²) in [5.41, 5.74) is 1.27. The molecule has 0 saturated heterocycles. The van der Waals surface area contributed by atoms with Gasteiger partial charge in [0.15, 0.2) is 12.8 Å². The minimum absolute atomic E-state index is 0. The number of benzene rings is 1. The summed E-state index contributed by atoms with van der Waals surface area (Å²) in [6, 6.07) is 11.0. The van der Waals surface area contributed by atoms with Crippen molar-refractivity contribution in [2.75, 3.05) is 26.7 Å². The molecule has 0 fully saturated rings. The summed E-state index contributed by atoms with van der Waals surface area (Å²) in [5.74, 6) is 0. The van der Waals surface area contributed by atoms with Gasteiger partial charge in [0.1, 0.15) is 6.04 Å². The fourth-order valence-electron chi connectivity index (χ4n) is 1.44. The molecule has 1 aromatic rings. The third kappa shape index (κ3) is 7.98. The van der Waals surface area contributed by atoms with Crippen molar-refractivity contribution in [2.45, 2.75) is 26.8 Å². The van der Waals surface area contributed by atoms with Gasteiger partial charge in [0, 0.05) is 5.56 Å². The molecule has 0 aliphatic heterocycles. The molecule has 0 bridgehead atoms. The lowest BCUT2D eigenvalue weighted by molar-refractivity contribution is -0.552. The highest BCUT2D eigenvalue weighted by atomic mass is 16.2. The molecule has 0 aliphatic rings. The highest BCUT2D eigenvalue weighted by Crippen LogP contribution is 1.96. The standard InChI is InChI=1S/C13H21N2.C2H5O/c1-12(2)15(10-9-14-3)11-13-7-5-4-6-8-13;1-2-3/h4-8,11-12,14H,9-10H2,1-3H3;2H2,1H3/q+1;-1. The van der Waals surface area contributed by atoms with Crippen molar-refractivity contribution in [3.05, 3.63) is 35.9 Å². The van der Waals surface area contributed by atoms with E-state index in [9.17, 15) is 0 Å². The van der Waals surface area contributed by atoms with Gasteiger partial charge in [-0.05, 0) is 33.0 Å². The Balaban J connectivity index is 0.000000873. The SMILES string of the molecule is CC[O-].CNCC[N+](=Cc1ccccc1)C(C)C. The molecule has 18 heavy (non-hydrogen) atoms. The van der Waals surface area contributed by atoms with E-state index in [1.54, 1.807) is 6.92 Å². The molecule has 3 heteroatoms. The smallest absolute Gasteiger partial charge is 0.170 e. The lowest BCUT2D eigenvalue weighted by atomic mass is 10.2. The summed E-state index contributed by atoms with van der Waals surface area (Å²) in [5, 5.41) is 12.1. The summed E-state index contributed by atoms with van der Waals surface area (Å²) in [6.07, 6.45) is 2.22. The van der Waals surface area contributed by atoms with Crippen molar-refractivity contribution in [2.24, 2.45) is 0 Å². The van der Waals surface area contributed by atoms with E-state index >= 15 is 0 Å². The molecule has 0 atom stereocenters. The van der Waals surface area contributed by atoms with Crippen molar-refractivity contribution in [1.82, 2.24) is 5.32 Å². The van der Waals surface area contributed by atoms with Gasteiger partial charge in [0.05, 0.1) is 6.54 Å². The predicted molar refractivity (Wildman–Crippen MR) is 76.3 cm³/mol. The van der Waals surface area contributed by atoms with Gasteiger partial charge in [-0.15, -0.1) is 6.61 Å². The van der Waals surface area contributed by atoms with Crippen LogP contribution in [0.3, 0.4) is 0 Å². The first-order valence-corrected chi connectivity index (χ1v) is 6.54. The Bertz CT molecular complexity index is 321. The van der Waals surface area contributed by atoms with Gasteiger partial charge >= 0.3 is 0 Å². The predicted octanol–water partition coefficient (Wildman–Crippen LogP) is 1.11. The Morgan fingerprint density at radius 1 is 1.28 bits per heavy atom. The molecule has 1 rings (SSSR count). The third-order valence-electron chi connectivity index (χ3n) is 2.40. The molecule has 3 nitrogen and oxygen atoms in total. The monoisotopic (exact) mass is 250 g/mol. The molecule has 0 amide bonds. The first kappa shape index (κ1) is 16.8. The highest BCUT2D eigenvalue weighted by Gasteiger charge is 2.08. The Kier molecular flexibility index (Phi) is 10.2. The van der Waals surface area contributed by atoms with Gasteiger partial charge in [-0.25, -0.2) is 4.58 Å². The van der Waals surface area contributed by atoms with E-state index in [0.29, 0.717) is 6.04 Å². The van der Waals surface area contributed by atoms with Crippen molar-refractivity contribution < 1.29 is 9.68 Å². The van der Waals surface area contributed by atoms with Crippen LogP contribution in [0.2, 0.25) is 0 Å². The van der Waals surface area contributed by atoms with Crippen LogP contribution >= 0.6 is 0 Å². The summed E-state index contributed by atoms with van der Waals surface area (Å²) in [6.45, 7) is 8.06. The van der Waals surface area contributed by atoms with Gasteiger partial charge in [-0.3, -0.25) is 0 Å². The van der Waals surface area contributed by atoms with E-state index in [4.69, 9.17) is 5.11 Å². The van der Waals surface area contributed by atoms with Crippen LogP contribution in [-0.4, -0.2) is 43.6 Å². The number of likely N-dealkylation sites (N-methyl/N-ethyl adjacent to an activating group) is 1. The van der Waals surface area contributed by atoms with Crippen molar-refractivity contribution in [3.63, 3.8) is 0 Å². The Hall–Kier alpha value is -1.19. The first-order chi connectivity index (χ1) is 8.65. The summed E-state index contributed by atoms with van der Waals surface area (Å²) in [7, 11) is 1.99. The molecule has 0 aliphatic carbocycles. The third-order valence-corrected chi connectivity index (χ3v) is 2.40. The van der Waals surface area contributed by atoms with Crippen LogP contribution in [-0.2, 0) is 0 Å². The van der Waals surface area contributed by atoms with Crippen LogP contribution < -0.4 is 10.4 Å². The Labute approximate surface area is 111 Å². The normalized spacial score (nSPS) is 11.1. The Morgan fingerprint density at radius 3 is 2.28 bits per heavy atom. The lowest BCUT2D eigenvalue weighted by Gasteiger charge is -2.07. The molecule has 0 unspecified atom stereocenters. The van der Waals surface area contributed by atoms with E-state index in [-0.39, 0.29) is 6.61 Å². The fourth-order valence-corrected chi connectivity index (χ4v) is 1.44. The van der Waals surface area contributed by atoms with E-state index in [2.05, 4.69) is 54.2 Å². The largest absolute Gasteiger partial charge is 0.855 e. The number of nitrogens with one attached hydrogen (secondary N) is 1. The molecule has 0 saturated carbocycles. The number of hydrogen-bond donors (Lipinski definition) is 1. The van der Waals surface area contributed by atoms with Crippen LogP contribution in [0.4, 0.5) is 0 Å². The first-order valence-electron chi connectivity index (χ1n) is 6.54. The average Bonchev–Trinajstić information content (AvgIpc) is 2.36. The van der Waals surface area contributed by atoms with Gasteiger partial charge < -0.3 is 10.4 Å². The zero-order valence-electron chi connectivity index (χ0n) is 12.0. The topological polar surface area (TPSA) is 38.1 Å². The average molecular weight is 250 g/mol. The van der Waals surface area contributed by atoms with Crippen LogP contribution in [0.25, 0.3) is 0 Å². The van der Waals surface area contributed by atoms with Crippen molar-refractivity contribution in [1.29, 1.82) is 0 Å². The Morgan fingerprint density at radius 2 is 1.83 bits per heavy atom. The lowest BCUT2D eigenvalue weighted by Crippen LogP contribution is -2.29. The molecule has 0 aromatic heterocycles. The number of nitrogens with zero attached hydrogens (tertiary/aromatic N) is 1. The summed E-state index contributed by atoms with van der Waals surface area (Å²) in [4.78, 5) is 0. The van der Waals surface area contributed by atoms with E-state index in [1.807, 2.05) is 13.1 Å². The van der Waals surface area contributed by atoms with E-state index in [1.165, 1.54) is 5.56 Å². The van der Waals surface area contributed by atoms with Gasteiger partial charge in [-0.1, -0.05) is 25.1 Å². The molecular formula is C15H26N2O. The number of hydrogen-bond acceptors (Lipinski definition) is 2. The second-order valence-corrected chi connectivity index (χ2v) is 4.26. The molecule has 0 spiro atoms. The zero-order chi connectivity index (χ0) is 13.8. The van der Waals surface area contributed by atoms with Crippen LogP contribution in [0.15, 0.2) is 30.3 Å². The summed E-state index contributed by atoms with van der Waals surface area (Å²) < 4.78 is 2.35. The minimum atomic E-state index is 0. The molecule has 1 aromatic carbocycles. The van der Waals surface area contributed by atoms with Crippen LogP contribution in [0, 0.1) is 0 Å². The molecular weight excluding hydrogens is 224 g/mol. The quantitative estimate of drug-likeness (QED) is 0.628. The minimum Gasteiger partial charge on any atom is -0.855 e. The molecule has 102 valence electrons. The van der Waals surface area contributed by atoms with Crippen LogP contribution in [0.5, 0.6) is 0 Å². The van der Waals surface area contributed by atoms with Gasteiger partial charge in [-0.2, -0.15) is 0 Å². The summed E-state index contributed by atoms with van der Waals surface area (Å²) >= 11 is 0. The van der Waals surface area contributed by atoms with E-state index < -0.39 is 0 Å². The fraction of sp³-hybridized carbons (Fsp3) is 0.533. The van der Waals surface area contributed by atoms with Gasteiger partial charge in [0.25, 0.3) is 0 Å². The number of rotatable bonds is 5. The molecule has 0 heterocycles. The molecule has 0 radical (unpaired) electrons. The zero-order valence-corrected chi connectivity index (χ0v) is 12.0.